The van der Waals surface area contributed by atoms with Gasteiger partial charge in [-0.3, -0.25) is 19.2 Å². The van der Waals surface area contributed by atoms with Gasteiger partial charge in [-0.25, -0.2) is 9.59 Å². The first-order valence-corrected chi connectivity index (χ1v) is 22.0. The first-order valence-electron chi connectivity index (χ1n) is 22.0. The number of rotatable bonds is 19. The Kier molecular flexibility index (Phi) is 16.9. The Morgan fingerprint density at radius 1 is 0.569 bits per heavy atom. The molecule has 0 radical (unpaired) electrons. The van der Waals surface area contributed by atoms with Gasteiger partial charge in [0.1, 0.15) is 41.7 Å². The molecule has 14 heteroatoms. The second kappa shape index (κ2) is 22.3. The Bertz CT molecular complexity index is 2240. The van der Waals surface area contributed by atoms with E-state index in [-0.39, 0.29) is 31.3 Å². The molecule has 0 bridgehead atoms. The number of esters is 1. The summed E-state index contributed by atoms with van der Waals surface area (Å²) in [6, 6.07) is 28.9. The van der Waals surface area contributed by atoms with Crippen LogP contribution in [0.15, 0.2) is 103 Å². The van der Waals surface area contributed by atoms with Gasteiger partial charge in [0.15, 0.2) is 0 Å². The fourth-order valence-electron chi connectivity index (χ4n) is 7.44. The maximum absolute atomic E-state index is 13.7. The Balaban J connectivity index is 1.20. The topological polar surface area (TPSA) is 190 Å². The van der Waals surface area contributed by atoms with Gasteiger partial charge in [-0.1, -0.05) is 105 Å². The number of carbonyl (C=O) groups excluding carboxylic acids is 6. The monoisotopic (exact) mass is 889 g/mol. The van der Waals surface area contributed by atoms with E-state index in [1.807, 2.05) is 101 Å². The van der Waals surface area contributed by atoms with E-state index in [0.29, 0.717) is 17.7 Å². The van der Waals surface area contributed by atoms with Crippen LogP contribution in [0.4, 0.5) is 4.79 Å². The van der Waals surface area contributed by atoms with Gasteiger partial charge < -0.3 is 40.8 Å². The van der Waals surface area contributed by atoms with Crippen molar-refractivity contribution in [3.05, 3.63) is 125 Å². The van der Waals surface area contributed by atoms with Crippen molar-refractivity contribution in [3.63, 3.8) is 0 Å². The molecule has 3 atom stereocenters. The molecule has 0 heterocycles. The molecule has 4 aromatic carbocycles. The van der Waals surface area contributed by atoms with Gasteiger partial charge in [-0.15, -0.1) is 0 Å². The van der Waals surface area contributed by atoms with Crippen molar-refractivity contribution in [2.24, 2.45) is 5.92 Å². The largest absolute Gasteiger partial charge is 0.488 e. The molecule has 0 aromatic heterocycles. The fraction of sp³-hybridized carbons (Fsp3) is 0.412. The lowest BCUT2D eigenvalue weighted by Crippen LogP contribution is -2.55. The van der Waals surface area contributed by atoms with Crippen LogP contribution in [0.1, 0.15) is 90.0 Å². The van der Waals surface area contributed by atoms with Crippen LogP contribution < -0.4 is 31.3 Å². The molecule has 0 aliphatic heterocycles. The van der Waals surface area contributed by atoms with Crippen molar-refractivity contribution < 1.29 is 43.0 Å². The number of hydrogen-bond acceptors (Lipinski definition) is 9. The van der Waals surface area contributed by atoms with Crippen molar-refractivity contribution >= 4 is 35.7 Å². The van der Waals surface area contributed by atoms with Gasteiger partial charge in [0.25, 0.3) is 0 Å². The summed E-state index contributed by atoms with van der Waals surface area (Å²) in [7, 11) is 0. The minimum absolute atomic E-state index is 0.0354. The number of ether oxygens (including phenoxy) is 3. The Hall–Kier alpha value is -6.70. The third-order valence-electron chi connectivity index (χ3n) is 10.3. The molecule has 65 heavy (non-hydrogen) atoms. The smallest absolute Gasteiger partial charge is 0.407 e. The lowest BCUT2D eigenvalue weighted by atomic mass is 9.98. The highest BCUT2D eigenvalue weighted by atomic mass is 16.6. The van der Waals surface area contributed by atoms with Crippen molar-refractivity contribution in [3.8, 4) is 16.9 Å². The van der Waals surface area contributed by atoms with Gasteiger partial charge in [-0.2, -0.15) is 0 Å². The number of amides is 5. The van der Waals surface area contributed by atoms with Crippen LogP contribution in [0.25, 0.3) is 11.1 Å². The summed E-state index contributed by atoms with van der Waals surface area (Å²) < 4.78 is 17.3. The van der Waals surface area contributed by atoms with Crippen molar-refractivity contribution in [2.75, 3.05) is 19.7 Å². The predicted octanol–water partition coefficient (Wildman–Crippen LogP) is 6.15. The van der Waals surface area contributed by atoms with E-state index in [0.717, 1.165) is 27.8 Å². The Labute approximate surface area is 382 Å². The SMILES string of the molecule is CC(C)C[C@H](NC(=O)[C@H](Cc1ccccc1)NC(=O)CNC(=O)CNC(=O)[C@H](Cc1ccc(OC(C)(C)C)cc1)NC(=O)OCC1c2ccccc2-c2ccccc21)C(=O)OC(C)(C)C. The van der Waals surface area contributed by atoms with Gasteiger partial charge >= 0.3 is 12.1 Å². The lowest BCUT2D eigenvalue weighted by molar-refractivity contribution is -0.159. The maximum Gasteiger partial charge on any atom is 0.407 e. The highest BCUT2D eigenvalue weighted by molar-refractivity contribution is 5.94. The van der Waals surface area contributed by atoms with E-state index >= 15 is 0 Å². The molecule has 346 valence electrons. The second-order valence-electron chi connectivity index (χ2n) is 18.6. The quantitative estimate of drug-likeness (QED) is 0.0689. The minimum Gasteiger partial charge on any atom is -0.488 e. The van der Waals surface area contributed by atoms with Gasteiger partial charge in [0.2, 0.25) is 23.6 Å². The summed E-state index contributed by atoms with van der Waals surface area (Å²) in [5.74, 6) is -2.72. The van der Waals surface area contributed by atoms with E-state index in [9.17, 15) is 28.8 Å². The zero-order valence-corrected chi connectivity index (χ0v) is 38.6. The van der Waals surface area contributed by atoms with Crippen LogP contribution in [0, 0.1) is 5.92 Å². The summed E-state index contributed by atoms with van der Waals surface area (Å²) in [4.78, 5) is 80.2. The molecule has 0 spiro atoms. The van der Waals surface area contributed by atoms with Crippen LogP contribution in [0.2, 0.25) is 0 Å². The van der Waals surface area contributed by atoms with Crippen LogP contribution in [0.5, 0.6) is 5.75 Å². The number of nitrogens with one attached hydrogen (secondary N) is 5. The molecular formula is C51H63N5O9. The number of benzene rings is 4. The van der Waals surface area contributed by atoms with Crippen LogP contribution in [-0.2, 0) is 46.3 Å². The predicted molar refractivity (Wildman–Crippen MR) is 248 cm³/mol. The molecule has 5 amide bonds. The molecule has 0 unspecified atom stereocenters. The lowest BCUT2D eigenvalue weighted by Gasteiger charge is -2.27. The zero-order chi connectivity index (χ0) is 47.3. The molecule has 0 saturated heterocycles. The van der Waals surface area contributed by atoms with Crippen molar-refractivity contribution in [1.29, 1.82) is 0 Å². The van der Waals surface area contributed by atoms with E-state index in [1.165, 1.54) is 0 Å². The maximum atomic E-state index is 13.7. The third-order valence-corrected chi connectivity index (χ3v) is 10.3. The highest BCUT2D eigenvalue weighted by Crippen LogP contribution is 2.44. The van der Waals surface area contributed by atoms with Crippen LogP contribution in [0.3, 0.4) is 0 Å². The average Bonchev–Trinajstić information content (AvgIpc) is 3.56. The molecule has 14 nitrogen and oxygen atoms in total. The zero-order valence-electron chi connectivity index (χ0n) is 38.6. The van der Waals surface area contributed by atoms with Crippen LogP contribution >= 0.6 is 0 Å². The first-order chi connectivity index (χ1) is 30.7. The highest BCUT2D eigenvalue weighted by Gasteiger charge is 2.32. The van der Waals surface area contributed by atoms with Crippen molar-refractivity contribution in [1.82, 2.24) is 26.6 Å². The number of alkyl carbamates (subject to hydrolysis) is 1. The van der Waals surface area contributed by atoms with E-state index in [2.05, 4.69) is 26.6 Å². The molecular weight excluding hydrogens is 827 g/mol. The van der Waals surface area contributed by atoms with E-state index < -0.39 is 78.1 Å². The molecule has 1 aliphatic carbocycles. The summed E-state index contributed by atoms with van der Waals surface area (Å²) >= 11 is 0. The molecule has 4 aromatic rings. The minimum atomic E-state index is -1.14. The van der Waals surface area contributed by atoms with Crippen molar-refractivity contribution in [2.45, 2.75) is 110 Å². The number of hydrogen-bond donors (Lipinski definition) is 5. The normalized spacial score (nSPS) is 13.6. The van der Waals surface area contributed by atoms with Crippen LogP contribution in [-0.4, -0.2) is 84.7 Å². The third kappa shape index (κ3) is 15.5. The summed E-state index contributed by atoms with van der Waals surface area (Å²) in [5.41, 5.74) is 4.50. The number of carbonyl (C=O) groups is 6. The molecule has 0 fully saturated rings. The fourth-order valence-corrected chi connectivity index (χ4v) is 7.44. The first kappa shape index (κ1) is 49.3. The van der Waals surface area contributed by atoms with Gasteiger partial charge in [0, 0.05) is 18.8 Å². The second-order valence-corrected chi connectivity index (χ2v) is 18.6. The Morgan fingerprint density at radius 2 is 1.11 bits per heavy atom. The average molecular weight is 890 g/mol. The molecule has 0 saturated carbocycles. The van der Waals surface area contributed by atoms with E-state index in [4.69, 9.17) is 14.2 Å². The summed E-state index contributed by atoms with van der Waals surface area (Å²) in [6.45, 7) is 13.9. The van der Waals surface area contributed by atoms with Gasteiger partial charge in [0.05, 0.1) is 13.1 Å². The molecule has 5 rings (SSSR count). The molecule has 5 N–H and O–H groups in total. The summed E-state index contributed by atoms with van der Waals surface area (Å²) in [5, 5.41) is 13.2. The van der Waals surface area contributed by atoms with E-state index in [1.54, 1.807) is 57.2 Å². The standard InChI is InChI=1S/C51H63N5O9/c1-32(2)26-43(48(61)65-51(6,7)8)55-47(60)42(27-33-16-10-9-11-17-33)54-45(58)30-52-44(57)29-53-46(59)41(28-34-22-24-35(25-23-34)64-50(3,4)5)56-49(62)63-31-40-38-20-14-12-18-36(38)37-19-13-15-21-39(37)40/h9-25,32,40-43H,26-31H2,1-8H3,(H,52,57)(H,53,59)(H,54,58)(H,55,60)(H,56,62)/t41-,42-,43-/m0/s1. The number of fused-ring (bicyclic) bond motifs is 3. The Morgan fingerprint density at radius 3 is 1.68 bits per heavy atom. The summed E-state index contributed by atoms with van der Waals surface area (Å²) in [6.07, 6.45) is -0.325. The van der Waals surface area contributed by atoms with Gasteiger partial charge in [-0.05, 0) is 99.4 Å². The molecule has 1 aliphatic rings.